The van der Waals surface area contributed by atoms with Gasteiger partial charge >= 0.3 is 0 Å². The number of hydrogen-bond acceptors (Lipinski definition) is 4. The fraction of sp³-hybridized carbons (Fsp3) is 0. The lowest BCUT2D eigenvalue weighted by Gasteiger charge is -2.27. The molecule has 63 heavy (non-hydrogen) atoms. The second-order valence-electron chi connectivity index (χ2n) is 15.9. The Morgan fingerprint density at radius 3 is 1.65 bits per heavy atom. The van der Waals surface area contributed by atoms with Gasteiger partial charge in [-0.2, -0.15) is 0 Å². The molecule has 0 aliphatic rings. The van der Waals surface area contributed by atoms with Gasteiger partial charge in [0, 0.05) is 48.4 Å². The number of fused-ring (bicyclic) bond motifs is 5. The van der Waals surface area contributed by atoms with E-state index in [4.69, 9.17) is 4.98 Å². The molecule has 12 aromatic rings. The lowest BCUT2D eigenvalue weighted by molar-refractivity contribution is 1.28. The largest absolute Gasteiger partial charge is 0.310 e. The molecule has 2 heterocycles. The highest BCUT2D eigenvalue weighted by Gasteiger charge is 2.21. The molecule has 0 saturated carbocycles. The Hall–Kier alpha value is -7.63. The van der Waals surface area contributed by atoms with Gasteiger partial charge in [-0.1, -0.05) is 182 Å². The molecule has 0 spiro atoms. The summed E-state index contributed by atoms with van der Waals surface area (Å²) in [7, 11) is 0. The first-order chi connectivity index (χ1) is 31.2. The van der Waals surface area contributed by atoms with Gasteiger partial charge in [0.2, 0.25) is 0 Å². The summed E-state index contributed by atoms with van der Waals surface area (Å²) in [5, 5.41) is 6.10. The van der Waals surface area contributed by atoms with Gasteiger partial charge in [-0.15, -0.1) is 22.7 Å². The number of thiophene rings is 1. The molecule has 0 aliphatic heterocycles. The van der Waals surface area contributed by atoms with Crippen molar-refractivity contribution in [1.29, 1.82) is 0 Å². The molecule has 0 fully saturated rings. The first-order valence-corrected chi connectivity index (χ1v) is 22.9. The van der Waals surface area contributed by atoms with Crippen molar-refractivity contribution in [3.05, 3.63) is 231 Å². The Bertz CT molecular complexity index is 3590. The van der Waals surface area contributed by atoms with Crippen LogP contribution in [0.2, 0.25) is 0 Å². The maximum Gasteiger partial charge on any atom is 0.124 e. The molecule has 296 valence electrons. The van der Waals surface area contributed by atoms with Crippen molar-refractivity contribution >= 4 is 80.9 Å². The van der Waals surface area contributed by atoms with E-state index in [1.807, 2.05) is 11.3 Å². The van der Waals surface area contributed by atoms with E-state index in [-0.39, 0.29) is 0 Å². The van der Waals surface area contributed by atoms with Gasteiger partial charge < -0.3 is 4.90 Å². The number of rotatable bonds is 8. The summed E-state index contributed by atoms with van der Waals surface area (Å²) < 4.78 is 3.76. The first-order valence-electron chi connectivity index (χ1n) is 21.3. The van der Waals surface area contributed by atoms with Crippen LogP contribution in [-0.4, -0.2) is 4.98 Å². The van der Waals surface area contributed by atoms with Crippen LogP contribution >= 0.6 is 22.7 Å². The summed E-state index contributed by atoms with van der Waals surface area (Å²) in [5.74, 6) is 0. The number of aromatic nitrogens is 1. The topological polar surface area (TPSA) is 16.1 Å². The molecule has 0 aliphatic carbocycles. The average molecular weight is 839 g/mol. The quantitative estimate of drug-likeness (QED) is 0.152. The summed E-state index contributed by atoms with van der Waals surface area (Å²) in [6.45, 7) is 0. The minimum Gasteiger partial charge on any atom is -0.310 e. The third kappa shape index (κ3) is 6.68. The van der Waals surface area contributed by atoms with Crippen LogP contribution in [0.15, 0.2) is 231 Å². The van der Waals surface area contributed by atoms with Crippen molar-refractivity contribution in [3.63, 3.8) is 0 Å². The van der Waals surface area contributed by atoms with Crippen molar-refractivity contribution < 1.29 is 0 Å². The zero-order valence-corrected chi connectivity index (χ0v) is 35.8. The molecular formula is C59H38N2S2. The molecule has 12 rings (SSSR count). The highest BCUT2D eigenvalue weighted by molar-refractivity contribution is 7.26. The van der Waals surface area contributed by atoms with Crippen LogP contribution in [0.3, 0.4) is 0 Å². The zero-order chi connectivity index (χ0) is 41.7. The van der Waals surface area contributed by atoms with Gasteiger partial charge in [0.05, 0.1) is 10.2 Å². The minimum atomic E-state index is 1.04. The lowest BCUT2D eigenvalue weighted by atomic mass is 9.90. The summed E-state index contributed by atoms with van der Waals surface area (Å²) in [4.78, 5) is 7.64. The van der Waals surface area contributed by atoms with E-state index >= 15 is 0 Å². The molecule has 0 radical (unpaired) electrons. The standard InChI is InChI=1S/C59H38N2S2/c1-4-15-39(16-5-1)40-27-31-45(32-28-40)61(47-35-36-50(52(37-47)42-17-6-2-7-18-42)49-25-14-22-41-19-10-11-23-48(41)49)46-33-29-43(30-34-46)56-57-51-24-12-13-26-54(51)62-55(57)38-53-58(56)63-59(60-53)44-20-8-3-9-21-44/h1-38H. The van der Waals surface area contributed by atoms with Crippen LogP contribution in [0, 0.1) is 0 Å². The number of thiazole rings is 1. The van der Waals surface area contributed by atoms with Crippen LogP contribution < -0.4 is 4.90 Å². The first kappa shape index (κ1) is 37.2. The predicted octanol–water partition coefficient (Wildman–Crippen LogP) is 17.6. The van der Waals surface area contributed by atoms with Crippen LogP contribution in [-0.2, 0) is 0 Å². The van der Waals surface area contributed by atoms with E-state index in [9.17, 15) is 0 Å². The highest BCUT2D eigenvalue weighted by Crippen LogP contribution is 2.48. The van der Waals surface area contributed by atoms with Crippen molar-refractivity contribution in [2.45, 2.75) is 0 Å². The van der Waals surface area contributed by atoms with Gasteiger partial charge in [-0.25, -0.2) is 4.98 Å². The van der Waals surface area contributed by atoms with E-state index in [0.29, 0.717) is 0 Å². The SMILES string of the molecule is c1ccc(-c2ccc(N(c3ccc(-c4c5sc(-c6ccccc6)nc5cc5sc6ccccc6c45)cc3)c3ccc(-c4cccc5ccccc45)c(-c4ccccc4)c3)cc2)cc1. The molecule has 0 atom stereocenters. The van der Waals surface area contributed by atoms with Crippen LogP contribution in [0.5, 0.6) is 0 Å². The van der Waals surface area contributed by atoms with Crippen molar-refractivity contribution in [3.8, 4) is 55.1 Å². The minimum absolute atomic E-state index is 1.04. The molecule has 0 bridgehead atoms. The molecule has 0 saturated heterocycles. The normalized spacial score (nSPS) is 11.5. The summed E-state index contributed by atoms with van der Waals surface area (Å²) in [6, 6.07) is 83.5. The van der Waals surface area contributed by atoms with Gasteiger partial charge in [-0.3, -0.25) is 0 Å². The molecule has 2 nitrogen and oxygen atoms in total. The molecule has 4 heteroatoms. The maximum absolute atomic E-state index is 5.24. The van der Waals surface area contributed by atoms with Crippen molar-refractivity contribution in [2.24, 2.45) is 0 Å². The summed E-state index contributed by atoms with van der Waals surface area (Å²) >= 11 is 3.63. The zero-order valence-electron chi connectivity index (χ0n) is 34.2. The second-order valence-corrected chi connectivity index (χ2v) is 18.0. The molecule has 10 aromatic carbocycles. The summed E-state index contributed by atoms with van der Waals surface area (Å²) in [5.41, 5.74) is 15.0. The van der Waals surface area contributed by atoms with Gasteiger partial charge in [0.15, 0.2) is 0 Å². The predicted molar refractivity (Wildman–Crippen MR) is 272 cm³/mol. The van der Waals surface area contributed by atoms with E-state index in [1.54, 1.807) is 11.3 Å². The van der Waals surface area contributed by atoms with Crippen molar-refractivity contribution in [1.82, 2.24) is 4.98 Å². The number of benzene rings is 10. The smallest absolute Gasteiger partial charge is 0.124 e. The van der Waals surface area contributed by atoms with Crippen molar-refractivity contribution in [2.75, 3.05) is 4.90 Å². The lowest BCUT2D eigenvalue weighted by Crippen LogP contribution is -2.10. The van der Waals surface area contributed by atoms with E-state index in [1.165, 1.54) is 80.2 Å². The fourth-order valence-corrected chi connectivity index (χ4v) is 11.4. The van der Waals surface area contributed by atoms with E-state index < -0.39 is 0 Å². The molecule has 2 aromatic heterocycles. The Kier molecular flexibility index (Phi) is 9.25. The van der Waals surface area contributed by atoms with E-state index in [0.717, 1.165) is 33.1 Å². The molecule has 0 amide bonds. The number of hydrogen-bond donors (Lipinski definition) is 0. The molecular weight excluding hydrogens is 801 g/mol. The van der Waals surface area contributed by atoms with E-state index in [2.05, 4.69) is 235 Å². The monoisotopic (exact) mass is 838 g/mol. The van der Waals surface area contributed by atoms with Gasteiger partial charge in [0.25, 0.3) is 0 Å². The fourth-order valence-electron chi connectivity index (χ4n) is 9.13. The van der Waals surface area contributed by atoms with Crippen LogP contribution in [0.25, 0.3) is 96.2 Å². The molecule has 0 unspecified atom stereocenters. The highest BCUT2D eigenvalue weighted by atomic mass is 32.1. The summed E-state index contributed by atoms with van der Waals surface area (Å²) in [6.07, 6.45) is 0. The third-order valence-electron chi connectivity index (χ3n) is 12.1. The molecule has 0 N–H and O–H groups in total. The third-order valence-corrected chi connectivity index (χ3v) is 14.4. The maximum atomic E-state index is 5.24. The Morgan fingerprint density at radius 1 is 0.349 bits per heavy atom. The second kappa shape index (κ2) is 15.7. The van der Waals surface area contributed by atoms with Crippen LogP contribution in [0.4, 0.5) is 17.1 Å². The van der Waals surface area contributed by atoms with Gasteiger partial charge in [-0.05, 0) is 98.2 Å². The number of nitrogens with zero attached hydrogens (tertiary/aromatic N) is 2. The number of anilines is 3. The van der Waals surface area contributed by atoms with Gasteiger partial charge in [0.1, 0.15) is 5.01 Å². The average Bonchev–Trinajstić information content (AvgIpc) is 3.96. The Balaban J connectivity index is 1.04. The Labute approximate surface area is 374 Å². The van der Waals surface area contributed by atoms with Crippen LogP contribution in [0.1, 0.15) is 0 Å². The Morgan fingerprint density at radius 2 is 0.921 bits per heavy atom.